The second kappa shape index (κ2) is 5.20. The van der Waals surface area contributed by atoms with Crippen molar-refractivity contribution in [2.75, 3.05) is 0 Å². The minimum Gasteiger partial charge on any atom is -0.347 e. The summed E-state index contributed by atoms with van der Waals surface area (Å²) in [5, 5.41) is 7.93. The van der Waals surface area contributed by atoms with E-state index in [9.17, 15) is 4.79 Å². The number of hydrogen-bond acceptors (Lipinski definition) is 3. The molecule has 2 heterocycles. The van der Waals surface area contributed by atoms with Crippen LogP contribution in [0.15, 0.2) is 53.2 Å². The van der Waals surface area contributed by atoms with Gasteiger partial charge >= 0.3 is 0 Å². The van der Waals surface area contributed by atoms with Crippen LogP contribution in [-0.4, -0.2) is 10.9 Å². The van der Waals surface area contributed by atoms with Crippen LogP contribution in [0.5, 0.6) is 0 Å². The highest BCUT2D eigenvalue weighted by molar-refractivity contribution is 7.07. The van der Waals surface area contributed by atoms with Gasteiger partial charge in [0.15, 0.2) is 0 Å². The van der Waals surface area contributed by atoms with Gasteiger partial charge in [-0.2, -0.15) is 11.3 Å². The SMILES string of the molecule is O=C(NCc1ccsc1)c1ccc2ccccc2n1. The maximum Gasteiger partial charge on any atom is 0.270 e. The molecular weight excluding hydrogens is 256 g/mol. The van der Waals surface area contributed by atoms with Crippen LogP contribution in [0, 0.1) is 0 Å². The summed E-state index contributed by atoms with van der Waals surface area (Å²) in [4.78, 5) is 16.4. The molecule has 0 saturated heterocycles. The summed E-state index contributed by atoms with van der Waals surface area (Å²) in [5.74, 6) is -0.142. The minimum absolute atomic E-state index is 0.142. The summed E-state index contributed by atoms with van der Waals surface area (Å²) in [6.45, 7) is 0.539. The number of aromatic nitrogens is 1. The fourth-order valence-electron chi connectivity index (χ4n) is 1.86. The van der Waals surface area contributed by atoms with Gasteiger partial charge in [0, 0.05) is 11.9 Å². The van der Waals surface area contributed by atoms with Gasteiger partial charge in [-0.05, 0) is 34.5 Å². The molecule has 3 rings (SSSR count). The van der Waals surface area contributed by atoms with Crippen LogP contribution in [0.1, 0.15) is 16.1 Å². The second-order valence-electron chi connectivity index (χ2n) is 4.20. The highest BCUT2D eigenvalue weighted by atomic mass is 32.1. The number of thiophene rings is 1. The van der Waals surface area contributed by atoms with Crippen molar-refractivity contribution in [1.82, 2.24) is 10.3 Å². The number of pyridine rings is 1. The highest BCUT2D eigenvalue weighted by Gasteiger charge is 2.07. The summed E-state index contributed by atoms with van der Waals surface area (Å²) in [5.41, 5.74) is 2.40. The van der Waals surface area contributed by atoms with E-state index >= 15 is 0 Å². The van der Waals surface area contributed by atoms with E-state index in [0.717, 1.165) is 16.5 Å². The summed E-state index contributed by atoms with van der Waals surface area (Å²) < 4.78 is 0. The first-order valence-corrected chi connectivity index (χ1v) is 6.92. The molecule has 0 unspecified atom stereocenters. The van der Waals surface area contributed by atoms with Crippen LogP contribution in [0.4, 0.5) is 0 Å². The molecule has 0 aliphatic rings. The molecule has 0 fully saturated rings. The molecule has 0 aliphatic carbocycles. The molecule has 0 aliphatic heterocycles. The highest BCUT2D eigenvalue weighted by Crippen LogP contribution is 2.12. The third kappa shape index (κ3) is 2.63. The Hall–Kier alpha value is -2.20. The molecule has 1 N–H and O–H groups in total. The van der Waals surface area contributed by atoms with Gasteiger partial charge in [0.2, 0.25) is 0 Å². The van der Waals surface area contributed by atoms with Crippen molar-refractivity contribution in [2.24, 2.45) is 0 Å². The lowest BCUT2D eigenvalue weighted by molar-refractivity contribution is 0.0946. The standard InChI is InChI=1S/C15H12N2OS/c18-15(16-9-11-7-8-19-10-11)14-6-5-12-3-1-2-4-13(12)17-14/h1-8,10H,9H2,(H,16,18). The van der Waals surface area contributed by atoms with Gasteiger partial charge in [-0.15, -0.1) is 0 Å². The Labute approximate surface area is 114 Å². The van der Waals surface area contributed by atoms with E-state index in [0.29, 0.717) is 12.2 Å². The summed E-state index contributed by atoms with van der Waals surface area (Å²) in [6.07, 6.45) is 0. The monoisotopic (exact) mass is 268 g/mol. The Morgan fingerprint density at radius 1 is 1.16 bits per heavy atom. The molecule has 94 valence electrons. The number of nitrogens with zero attached hydrogens (tertiary/aromatic N) is 1. The van der Waals surface area contributed by atoms with Crippen molar-refractivity contribution < 1.29 is 4.79 Å². The quantitative estimate of drug-likeness (QED) is 0.792. The Balaban J connectivity index is 1.77. The fraction of sp³-hybridized carbons (Fsp3) is 0.0667. The average molecular weight is 268 g/mol. The normalized spacial score (nSPS) is 10.5. The van der Waals surface area contributed by atoms with Crippen LogP contribution < -0.4 is 5.32 Å². The van der Waals surface area contributed by atoms with E-state index in [1.165, 1.54) is 0 Å². The summed E-state index contributed by atoms with van der Waals surface area (Å²) >= 11 is 1.62. The lowest BCUT2D eigenvalue weighted by Crippen LogP contribution is -2.23. The van der Waals surface area contributed by atoms with Crippen molar-refractivity contribution in [3.05, 3.63) is 64.5 Å². The van der Waals surface area contributed by atoms with Crippen LogP contribution >= 0.6 is 11.3 Å². The van der Waals surface area contributed by atoms with Gasteiger partial charge in [-0.25, -0.2) is 4.98 Å². The number of hydrogen-bond donors (Lipinski definition) is 1. The van der Waals surface area contributed by atoms with E-state index < -0.39 is 0 Å². The molecule has 0 radical (unpaired) electrons. The van der Waals surface area contributed by atoms with E-state index in [1.54, 1.807) is 17.4 Å². The Morgan fingerprint density at radius 2 is 2.05 bits per heavy atom. The number of para-hydroxylation sites is 1. The first kappa shape index (κ1) is 11.9. The fourth-order valence-corrected chi connectivity index (χ4v) is 2.53. The van der Waals surface area contributed by atoms with Gasteiger partial charge < -0.3 is 5.32 Å². The van der Waals surface area contributed by atoms with Crippen LogP contribution in [0.25, 0.3) is 10.9 Å². The molecular formula is C15H12N2OS. The topological polar surface area (TPSA) is 42.0 Å². The van der Waals surface area contributed by atoms with Crippen LogP contribution in [0.2, 0.25) is 0 Å². The van der Waals surface area contributed by atoms with Gasteiger partial charge in [0.05, 0.1) is 5.52 Å². The number of benzene rings is 1. The predicted octanol–water partition coefficient (Wildman–Crippen LogP) is 3.23. The largest absolute Gasteiger partial charge is 0.347 e. The maximum absolute atomic E-state index is 12.0. The van der Waals surface area contributed by atoms with Gasteiger partial charge in [-0.1, -0.05) is 24.3 Å². The first-order valence-electron chi connectivity index (χ1n) is 5.98. The lowest BCUT2D eigenvalue weighted by Gasteiger charge is -2.04. The zero-order chi connectivity index (χ0) is 13.1. The third-order valence-electron chi connectivity index (χ3n) is 2.86. The summed E-state index contributed by atoms with van der Waals surface area (Å²) in [6, 6.07) is 13.4. The van der Waals surface area contributed by atoms with Crippen LogP contribution in [-0.2, 0) is 6.54 Å². The molecule has 3 aromatic rings. The number of rotatable bonds is 3. The van der Waals surface area contributed by atoms with Gasteiger partial charge in [-0.3, -0.25) is 4.79 Å². The first-order chi connectivity index (χ1) is 9.33. The molecule has 1 amide bonds. The number of carbonyl (C=O) groups is 1. The van der Waals surface area contributed by atoms with Crippen LogP contribution in [0.3, 0.4) is 0 Å². The van der Waals surface area contributed by atoms with E-state index in [4.69, 9.17) is 0 Å². The van der Waals surface area contributed by atoms with Crippen molar-refractivity contribution in [2.45, 2.75) is 6.54 Å². The number of amides is 1. The summed E-state index contributed by atoms with van der Waals surface area (Å²) in [7, 11) is 0. The predicted molar refractivity (Wildman–Crippen MR) is 77.2 cm³/mol. The average Bonchev–Trinajstić information content (AvgIpc) is 2.97. The Bertz CT molecular complexity index is 707. The van der Waals surface area contributed by atoms with Crippen molar-refractivity contribution in [3.63, 3.8) is 0 Å². The molecule has 0 saturated carbocycles. The molecule has 2 aromatic heterocycles. The maximum atomic E-state index is 12.0. The number of fused-ring (bicyclic) bond motifs is 1. The van der Waals surface area contributed by atoms with Crippen molar-refractivity contribution in [3.8, 4) is 0 Å². The Morgan fingerprint density at radius 3 is 2.89 bits per heavy atom. The smallest absolute Gasteiger partial charge is 0.270 e. The minimum atomic E-state index is -0.142. The van der Waals surface area contributed by atoms with Crippen molar-refractivity contribution in [1.29, 1.82) is 0 Å². The number of carbonyl (C=O) groups excluding carboxylic acids is 1. The van der Waals surface area contributed by atoms with Gasteiger partial charge in [0.25, 0.3) is 5.91 Å². The zero-order valence-electron chi connectivity index (χ0n) is 10.2. The third-order valence-corrected chi connectivity index (χ3v) is 3.60. The van der Waals surface area contributed by atoms with E-state index in [2.05, 4.69) is 10.3 Å². The number of nitrogens with one attached hydrogen (secondary N) is 1. The molecule has 0 atom stereocenters. The van der Waals surface area contributed by atoms with Crippen molar-refractivity contribution >= 4 is 28.1 Å². The lowest BCUT2D eigenvalue weighted by atomic mass is 10.2. The molecule has 19 heavy (non-hydrogen) atoms. The molecule has 0 bridgehead atoms. The van der Waals surface area contributed by atoms with E-state index in [-0.39, 0.29) is 5.91 Å². The molecule has 0 spiro atoms. The molecule has 1 aromatic carbocycles. The second-order valence-corrected chi connectivity index (χ2v) is 4.98. The van der Waals surface area contributed by atoms with E-state index in [1.807, 2.05) is 47.2 Å². The molecule has 4 heteroatoms. The molecule has 3 nitrogen and oxygen atoms in total. The zero-order valence-corrected chi connectivity index (χ0v) is 11.0. The van der Waals surface area contributed by atoms with Gasteiger partial charge in [0.1, 0.15) is 5.69 Å². The Kier molecular flexibility index (Phi) is 3.25.